The SMILES string of the molecule is CC/C=C\C/C=C\C/C=C\CCCCCCCC(=O)O[C@@H](COC(=O)CCCCCCC/C=C\CCCCCCCCC)COC(=O)CCCCCCCCCCCCCC. The lowest BCUT2D eigenvalue weighted by molar-refractivity contribution is -0.167. The Morgan fingerprint density at radius 1 is 0.344 bits per heavy atom. The Hall–Kier alpha value is -2.63. The minimum atomic E-state index is -0.782. The molecule has 0 aliphatic heterocycles. The van der Waals surface area contributed by atoms with Crippen LogP contribution < -0.4 is 0 Å². The normalized spacial score (nSPS) is 12.4. The summed E-state index contributed by atoms with van der Waals surface area (Å²) in [4.78, 5) is 38.0. The topological polar surface area (TPSA) is 78.9 Å². The summed E-state index contributed by atoms with van der Waals surface area (Å²) in [6.45, 7) is 6.51. The number of esters is 3. The summed E-state index contributed by atoms with van der Waals surface area (Å²) in [5.74, 6) is -0.899. The van der Waals surface area contributed by atoms with Crippen LogP contribution in [0.2, 0.25) is 0 Å². The van der Waals surface area contributed by atoms with E-state index in [0.717, 1.165) is 103 Å². The molecule has 0 heterocycles. The van der Waals surface area contributed by atoms with Crippen LogP contribution in [0.15, 0.2) is 48.6 Å². The molecule has 0 spiro atoms. The minimum absolute atomic E-state index is 0.0805. The van der Waals surface area contributed by atoms with Crippen molar-refractivity contribution in [2.45, 2.75) is 271 Å². The Morgan fingerprint density at radius 2 is 0.639 bits per heavy atom. The van der Waals surface area contributed by atoms with Crippen molar-refractivity contribution in [2.75, 3.05) is 13.2 Å². The van der Waals surface area contributed by atoms with Crippen LogP contribution in [0.25, 0.3) is 0 Å². The summed E-state index contributed by atoms with van der Waals surface area (Å²) in [6, 6.07) is 0. The van der Waals surface area contributed by atoms with Gasteiger partial charge in [-0.15, -0.1) is 0 Å². The average molecular weight is 855 g/mol. The van der Waals surface area contributed by atoms with Crippen molar-refractivity contribution < 1.29 is 28.6 Å². The van der Waals surface area contributed by atoms with Gasteiger partial charge in [-0.2, -0.15) is 0 Å². The Balaban J connectivity index is 4.39. The van der Waals surface area contributed by atoms with Crippen molar-refractivity contribution in [3.05, 3.63) is 48.6 Å². The van der Waals surface area contributed by atoms with Gasteiger partial charge in [-0.05, 0) is 77.0 Å². The third-order valence-electron chi connectivity index (χ3n) is 11.3. The van der Waals surface area contributed by atoms with Gasteiger partial charge in [0.25, 0.3) is 0 Å². The second-order valence-corrected chi connectivity index (χ2v) is 17.4. The molecule has 0 fully saturated rings. The number of allylic oxidation sites excluding steroid dienone is 8. The summed E-state index contributed by atoms with van der Waals surface area (Å²) < 4.78 is 16.8. The average Bonchev–Trinajstić information content (AvgIpc) is 3.26. The lowest BCUT2D eigenvalue weighted by Gasteiger charge is -2.18. The highest BCUT2D eigenvalue weighted by molar-refractivity contribution is 5.71. The lowest BCUT2D eigenvalue weighted by Crippen LogP contribution is -2.30. The first kappa shape index (κ1) is 58.4. The molecular weight excluding hydrogens is 757 g/mol. The van der Waals surface area contributed by atoms with Crippen molar-refractivity contribution >= 4 is 17.9 Å². The zero-order valence-electron chi connectivity index (χ0n) is 40.4. The molecule has 0 unspecified atom stereocenters. The van der Waals surface area contributed by atoms with E-state index in [1.807, 2.05) is 0 Å². The largest absolute Gasteiger partial charge is 0.462 e. The van der Waals surface area contributed by atoms with Crippen molar-refractivity contribution in [3.63, 3.8) is 0 Å². The molecule has 0 aliphatic rings. The quantitative estimate of drug-likeness (QED) is 0.0263. The lowest BCUT2D eigenvalue weighted by atomic mass is 10.0. The maximum Gasteiger partial charge on any atom is 0.306 e. The van der Waals surface area contributed by atoms with Gasteiger partial charge in [-0.25, -0.2) is 0 Å². The third kappa shape index (κ3) is 48.3. The number of ether oxygens (including phenoxy) is 3. The molecule has 354 valence electrons. The van der Waals surface area contributed by atoms with Crippen LogP contribution in [0.5, 0.6) is 0 Å². The van der Waals surface area contributed by atoms with Gasteiger partial charge in [0.1, 0.15) is 13.2 Å². The highest BCUT2D eigenvalue weighted by Crippen LogP contribution is 2.15. The second kappa shape index (κ2) is 50.0. The highest BCUT2D eigenvalue weighted by Gasteiger charge is 2.19. The van der Waals surface area contributed by atoms with E-state index in [2.05, 4.69) is 69.4 Å². The second-order valence-electron chi connectivity index (χ2n) is 17.4. The maximum atomic E-state index is 12.8. The van der Waals surface area contributed by atoms with Crippen molar-refractivity contribution in [3.8, 4) is 0 Å². The molecule has 6 heteroatoms. The first-order valence-corrected chi connectivity index (χ1v) is 26.1. The fourth-order valence-corrected chi connectivity index (χ4v) is 7.39. The van der Waals surface area contributed by atoms with Gasteiger partial charge in [-0.1, -0.05) is 217 Å². The molecule has 0 rings (SSSR count). The molecule has 0 aromatic rings. The fourth-order valence-electron chi connectivity index (χ4n) is 7.39. The van der Waals surface area contributed by atoms with Crippen molar-refractivity contribution in [2.24, 2.45) is 0 Å². The van der Waals surface area contributed by atoms with Gasteiger partial charge in [0, 0.05) is 19.3 Å². The molecular formula is C55H98O6. The van der Waals surface area contributed by atoms with Crippen LogP contribution in [0.1, 0.15) is 265 Å². The number of hydrogen-bond donors (Lipinski definition) is 0. The van der Waals surface area contributed by atoms with Crippen LogP contribution in [0, 0.1) is 0 Å². The van der Waals surface area contributed by atoms with Crippen LogP contribution >= 0.6 is 0 Å². The van der Waals surface area contributed by atoms with E-state index in [9.17, 15) is 14.4 Å². The first-order chi connectivity index (χ1) is 30.0. The summed E-state index contributed by atoms with van der Waals surface area (Å²) >= 11 is 0. The number of hydrogen-bond acceptors (Lipinski definition) is 6. The standard InChI is InChI=1S/C55H98O6/c1-4-7-10-13-16-19-22-25-27-29-30-33-36-39-42-45-48-54(57)60-51-52(50-59-53(56)47-44-41-38-35-32-24-21-18-15-12-9-6-3)61-55(58)49-46-43-40-37-34-31-28-26-23-20-17-14-11-8-5-2/h8,11,17,20,26-29,52H,4-7,9-10,12-16,18-19,21-25,30-51H2,1-3H3/b11-8-,20-17-,28-26-,29-27-/t52-/m1/s1. The van der Waals surface area contributed by atoms with Gasteiger partial charge in [0.15, 0.2) is 6.10 Å². The molecule has 0 aliphatic carbocycles. The number of carbonyl (C=O) groups is 3. The summed E-state index contributed by atoms with van der Waals surface area (Å²) in [7, 11) is 0. The molecule has 0 saturated carbocycles. The van der Waals surface area contributed by atoms with E-state index in [4.69, 9.17) is 14.2 Å². The molecule has 0 N–H and O–H groups in total. The minimum Gasteiger partial charge on any atom is -0.462 e. The van der Waals surface area contributed by atoms with E-state index in [1.54, 1.807) is 0 Å². The Morgan fingerprint density at radius 3 is 1.02 bits per heavy atom. The van der Waals surface area contributed by atoms with Crippen LogP contribution in [0.3, 0.4) is 0 Å². The van der Waals surface area contributed by atoms with Gasteiger partial charge in [0.2, 0.25) is 0 Å². The van der Waals surface area contributed by atoms with E-state index in [1.165, 1.54) is 122 Å². The summed E-state index contributed by atoms with van der Waals surface area (Å²) in [6.07, 6.45) is 59.5. The Kier molecular flexibility index (Phi) is 47.9. The number of rotatable bonds is 47. The molecule has 0 radical (unpaired) electrons. The molecule has 1 atom stereocenters. The van der Waals surface area contributed by atoms with Gasteiger partial charge in [-0.3, -0.25) is 14.4 Å². The smallest absolute Gasteiger partial charge is 0.306 e. The monoisotopic (exact) mass is 855 g/mol. The van der Waals surface area contributed by atoms with Gasteiger partial charge >= 0.3 is 17.9 Å². The summed E-state index contributed by atoms with van der Waals surface area (Å²) in [5, 5.41) is 0. The number of unbranched alkanes of at least 4 members (excludes halogenated alkanes) is 28. The summed E-state index contributed by atoms with van der Waals surface area (Å²) in [5.41, 5.74) is 0. The number of carbonyl (C=O) groups excluding carboxylic acids is 3. The van der Waals surface area contributed by atoms with Crippen molar-refractivity contribution in [1.82, 2.24) is 0 Å². The third-order valence-corrected chi connectivity index (χ3v) is 11.3. The van der Waals surface area contributed by atoms with E-state index < -0.39 is 6.10 Å². The maximum absolute atomic E-state index is 12.8. The molecule has 0 bridgehead atoms. The predicted molar refractivity (Wildman–Crippen MR) is 261 cm³/mol. The molecule has 0 aromatic heterocycles. The van der Waals surface area contributed by atoms with E-state index >= 15 is 0 Å². The van der Waals surface area contributed by atoms with Crippen LogP contribution in [-0.2, 0) is 28.6 Å². The molecule has 6 nitrogen and oxygen atoms in total. The fraction of sp³-hybridized carbons (Fsp3) is 0.800. The van der Waals surface area contributed by atoms with Gasteiger partial charge in [0.05, 0.1) is 0 Å². The van der Waals surface area contributed by atoms with E-state index in [-0.39, 0.29) is 31.1 Å². The Bertz CT molecular complexity index is 1070. The molecule has 0 saturated heterocycles. The zero-order valence-corrected chi connectivity index (χ0v) is 40.4. The first-order valence-electron chi connectivity index (χ1n) is 26.1. The molecule has 0 amide bonds. The van der Waals surface area contributed by atoms with E-state index in [0.29, 0.717) is 19.3 Å². The molecule has 0 aromatic carbocycles. The predicted octanol–water partition coefficient (Wildman–Crippen LogP) is 17.1. The van der Waals surface area contributed by atoms with Gasteiger partial charge < -0.3 is 14.2 Å². The van der Waals surface area contributed by atoms with Crippen LogP contribution in [-0.4, -0.2) is 37.2 Å². The zero-order chi connectivity index (χ0) is 44.4. The molecule has 61 heavy (non-hydrogen) atoms. The van der Waals surface area contributed by atoms with Crippen LogP contribution in [0.4, 0.5) is 0 Å². The highest BCUT2D eigenvalue weighted by atomic mass is 16.6. The Labute approximate surface area is 378 Å². The van der Waals surface area contributed by atoms with Crippen molar-refractivity contribution in [1.29, 1.82) is 0 Å².